The zero-order valence-electron chi connectivity index (χ0n) is 7.49. The Kier molecular flexibility index (Phi) is 3.12. The van der Waals surface area contributed by atoms with Gasteiger partial charge in [-0.3, -0.25) is 0 Å². The first kappa shape index (κ1) is 9.99. The van der Waals surface area contributed by atoms with Crippen LogP contribution in [0.1, 0.15) is 26.2 Å². The first-order valence-corrected chi connectivity index (χ1v) is 6.23. The van der Waals surface area contributed by atoms with E-state index in [2.05, 4.69) is 0 Å². The minimum Gasteiger partial charge on any atom is -0.330 e. The fraction of sp³-hybridized carbons (Fsp3) is 1.00. The monoisotopic (exact) mass is 191 g/mol. The number of hydrogen-bond donors (Lipinski definition) is 1. The van der Waals surface area contributed by atoms with Gasteiger partial charge < -0.3 is 5.73 Å². The summed E-state index contributed by atoms with van der Waals surface area (Å²) in [6.45, 7) is 2.35. The Hall–Kier alpha value is -0.0900. The molecule has 1 saturated carbocycles. The molecule has 0 unspecified atom stereocenters. The minimum absolute atomic E-state index is 0.101. The van der Waals surface area contributed by atoms with Gasteiger partial charge in [0.25, 0.3) is 0 Å². The quantitative estimate of drug-likeness (QED) is 0.708. The van der Waals surface area contributed by atoms with Crippen molar-refractivity contribution in [3.63, 3.8) is 0 Å². The second-order valence-electron chi connectivity index (χ2n) is 3.49. The van der Waals surface area contributed by atoms with Crippen molar-refractivity contribution in [2.24, 2.45) is 11.7 Å². The maximum Gasteiger partial charge on any atom is 0.152 e. The molecular weight excluding hydrogens is 174 g/mol. The van der Waals surface area contributed by atoms with Gasteiger partial charge in [0.2, 0.25) is 0 Å². The van der Waals surface area contributed by atoms with Crippen LogP contribution in [0.4, 0.5) is 0 Å². The number of hydrogen-bond acceptors (Lipinski definition) is 3. The van der Waals surface area contributed by atoms with Crippen LogP contribution in [0.25, 0.3) is 0 Å². The lowest BCUT2D eigenvalue weighted by molar-refractivity contribution is 0.552. The molecule has 1 fully saturated rings. The van der Waals surface area contributed by atoms with E-state index in [1.165, 1.54) is 0 Å². The van der Waals surface area contributed by atoms with Crippen molar-refractivity contribution < 1.29 is 8.42 Å². The molecule has 0 aromatic carbocycles. The molecular formula is C8H17NO2S. The second-order valence-corrected chi connectivity index (χ2v) is 6.06. The zero-order valence-corrected chi connectivity index (χ0v) is 8.31. The predicted molar refractivity (Wildman–Crippen MR) is 49.6 cm³/mol. The molecule has 1 aliphatic carbocycles. The molecule has 0 spiro atoms. The zero-order chi connectivity index (χ0) is 9.19. The Morgan fingerprint density at radius 1 is 1.42 bits per heavy atom. The molecule has 0 radical (unpaired) electrons. The third-order valence-electron chi connectivity index (χ3n) is 2.74. The molecule has 3 nitrogen and oxygen atoms in total. The van der Waals surface area contributed by atoms with Gasteiger partial charge >= 0.3 is 0 Å². The Balaban J connectivity index is 2.58. The largest absolute Gasteiger partial charge is 0.330 e. The van der Waals surface area contributed by atoms with Crippen molar-refractivity contribution >= 4 is 9.84 Å². The van der Waals surface area contributed by atoms with Gasteiger partial charge in [0.05, 0.1) is 5.25 Å². The lowest BCUT2D eigenvalue weighted by Crippen LogP contribution is -2.21. The van der Waals surface area contributed by atoms with Crippen LogP contribution in [0.5, 0.6) is 0 Å². The predicted octanol–water partition coefficient (Wildman–Crippen LogP) is 0.549. The Bertz CT molecular complexity index is 235. The molecule has 12 heavy (non-hydrogen) atoms. The molecule has 2 atom stereocenters. The summed E-state index contributed by atoms with van der Waals surface area (Å²) in [6.07, 6.45) is 2.59. The summed E-state index contributed by atoms with van der Waals surface area (Å²) in [5, 5.41) is -0.101. The molecule has 0 aliphatic heterocycles. The van der Waals surface area contributed by atoms with E-state index < -0.39 is 9.84 Å². The maximum atomic E-state index is 11.4. The highest BCUT2D eigenvalue weighted by atomic mass is 32.2. The second kappa shape index (κ2) is 3.75. The van der Waals surface area contributed by atoms with Gasteiger partial charge in [0, 0.05) is 5.75 Å². The Morgan fingerprint density at radius 3 is 2.50 bits per heavy atom. The van der Waals surface area contributed by atoms with Crippen LogP contribution in [0, 0.1) is 5.92 Å². The summed E-state index contributed by atoms with van der Waals surface area (Å²) in [4.78, 5) is 0. The van der Waals surface area contributed by atoms with Crippen LogP contribution in [0.2, 0.25) is 0 Å². The van der Waals surface area contributed by atoms with E-state index in [9.17, 15) is 8.42 Å². The first-order chi connectivity index (χ1) is 5.60. The molecule has 72 valence electrons. The molecule has 0 heterocycles. The van der Waals surface area contributed by atoms with Crippen molar-refractivity contribution in [3.05, 3.63) is 0 Å². The fourth-order valence-electron chi connectivity index (χ4n) is 1.81. The van der Waals surface area contributed by atoms with Gasteiger partial charge in [-0.25, -0.2) is 8.42 Å². The van der Waals surface area contributed by atoms with Crippen LogP contribution in [0.3, 0.4) is 0 Å². The van der Waals surface area contributed by atoms with Crippen LogP contribution in [0.15, 0.2) is 0 Å². The van der Waals surface area contributed by atoms with Gasteiger partial charge in [0.15, 0.2) is 9.84 Å². The van der Waals surface area contributed by atoms with Gasteiger partial charge in [-0.2, -0.15) is 0 Å². The summed E-state index contributed by atoms with van der Waals surface area (Å²) in [5.74, 6) is 0.714. The molecule has 2 N–H and O–H groups in total. The molecule has 0 aromatic rings. The van der Waals surface area contributed by atoms with Crippen molar-refractivity contribution in [1.82, 2.24) is 0 Å². The minimum atomic E-state index is -2.80. The number of rotatable bonds is 3. The average molecular weight is 191 g/mol. The van der Waals surface area contributed by atoms with E-state index in [-0.39, 0.29) is 11.0 Å². The van der Waals surface area contributed by atoms with Crippen LogP contribution >= 0.6 is 0 Å². The summed E-state index contributed by atoms with van der Waals surface area (Å²) in [6, 6.07) is 0. The molecule has 1 aliphatic rings. The summed E-state index contributed by atoms with van der Waals surface area (Å²) < 4.78 is 22.8. The molecule has 0 bridgehead atoms. The molecule has 4 heteroatoms. The Morgan fingerprint density at radius 2 is 2.08 bits per heavy atom. The molecule has 0 aromatic heterocycles. The Labute approximate surface area is 74.3 Å². The summed E-state index contributed by atoms with van der Waals surface area (Å²) in [5.41, 5.74) is 5.49. The van der Waals surface area contributed by atoms with Crippen LogP contribution in [-0.2, 0) is 9.84 Å². The molecule has 0 saturated heterocycles. The topological polar surface area (TPSA) is 60.2 Å². The normalized spacial score (nSPS) is 30.8. The van der Waals surface area contributed by atoms with Crippen LogP contribution in [-0.4, -0.2) is 26.0 Å². The van der Waals surface area contributed by atoms with E-state index in [4.69, 9.17) is 5.73 Å². The standard InChI is InChI=1S/C8H17NO2S/c1-2-12(10,11)8-4-3-7(5-8)6-9/h7-8H,2-6,9H2,1H3/t7-,8-/m1/s1. The highest BCUT2D eigenvalue weighted by Gasteiger charge is 2.32. The van der Waals surface area contributed by atoms with Crippen molar-refractivity contribution in [1.29, 1.82) is 0 Å². The summed E-state index contributed by atoms with van der Waals surface area (Å²) >= 11 is 0. The average Bonchev–Trinajstić information content (AvgIpc) is 2.52. The van der Waals surface area contributed by atoms with Gasteiger partial charge in [-0.1, -0.05) is 6.92 Å². The third kappa shape index (κ3) is 1.98. The third-order valence-corrected chi connectivity index (χ3v) is 4.99. The fourth-order valence-corrected chi connectivity index (χ4v) is 3.34. The van der Waals surface area contributed by atoms with E-state index in [0.29, 0.717) is 12.5 Å². The van der Waals surface area contributed by atoms with Crippen molar-refractivity contribution in [2.45, 2.75) is 31.4 Å². The molecule has 0 amide bonds. The molecule has 1 rings (SSSR count). The SMILES string of the molecule is CCS(=O)(=O)[C@@H]1CC[C@@H](CN)C1. The highest BCUT2D eigenvalue weighted by Crippen LogP contribution is 2.29. The smallest absolute Gasteiger partial charge is 0.152 e. The number of nitrogens with two attached hydrogens (primary N) is 1. The first-order valence-electron chi connectivity index (χ1n) is 4.51. The van der Waals surface area contributed by atoms with E-state index in [0.717, 1.165) is 19.3 Å². The highest BCUT2D eigenvalue weighted by molar-refractivity contribution is 7.92. The van der Waals surface area contributed by atoms with E-state index >= 15 is 0 Å². The lowest BCUT2D eigenvalue weighted by atomic mass is 10.1. The van der Waals surface area contributed by atoms with Gasteiger partial charge in [0.1, 0.15) is 0 Å². The van der Waals surface area contributed by atoms with Gasteiger partial charge in [-0.15, -0.1) is 0 Å². The number of sulfone groups is 1. The van der Waals surface area contributed by atoms with Gasteiger partial charge in [-0.05, 0) is 31.7 Å². The maximum absolute atomic E-state index is 11.4. The van der Waals surface area contributed by atoms with E-state index in [1.807, 2.05) is 0 Å². The van der Waals surface area contributed by atoms with Crippen molar-refractivity contribution in [3.8, 4) is 0 Å². The lowest BCUT2D eigenvalue weighted by Gasteiger charge is -2.09. The summed E-state index contributed by atoms with van der Waals surface area (Å²) in [7, 11) is -2.80. The van der Waals surface area contributed by atoms with E-state index in [1.54, 1.807) is 6.92 Å². The van der Waals surface area contributed by atoms with Crippen LogP contribution < -0.4 is 5.73 Å². The van der Waals surface area contributed by atoms with Crippen molar-refractivity contribution in [2.75, 3.05) is 12.3 Å².